The Morgan fingerprint density at radius 2 is 2.12 bits per heavy atom. The Hall–Kier alpha value is -2.06. The molecule has 0 saturated carbocycles. The summed E-state index contributed by atoms with van der Waals surface area (Å²) >= 11 is 0. The minimum atomic E-state index is -0.767. The molecule has 1 rings (SSSR count). The van der Waals surface area contributed by atoms with Crippen LogP contribution in [0.2, 0.25) is 0 Å². The van der Waals surface area contributed by atoms with Gasteiger partial charge in [0.15, 0.2) is 5.75 Å². The molecule has 0 aliphatic heterocycles. The molecule has 1 unspecified atom stereocenters. The van der Waals surface area contributed by atoms with Crippen molar-refractivity contribution >= 4 is 5.97 Å². The maximum Gasteiger partial charge on any atom is 0.358 e. The van der Waals surface area contributed by atoms with E-state index in [1.54, 1.807) is 0 Å². The van der Waals surface area contributed by atoms with Crippen LogP contribution in [-0.2, 0) is 9.68 Å². The molecule has 0 spiro atoms. The van der Waals surface area contributed by atoms with Crippen LogP contribution in [-0.4, -0.2) is 17.2 Å². The van der Waals surface area contributed by atoms with Crippen molar-refractivity contribution < 1.29 is 19.7 Å². The van der Waals surface area contributed by atoms with Gasteiger partial charge in [-0.1, -0.05) is 0 Å². The van der Waals surface area contributed by atoms with Gasteiger partial charge in [-0.25, -0.2) is 4.79 Å². The molecule has 5 heteroatoms. The molecule has 0 heterocycles. The number of aliphatic hydroxyl groups excluding tert-OH is 1. The Labute approximate surface area is 92.8 Å². The monoisotopic (exact) mass is 221 g/mol. The molecule has 1 aromatic rings. The van der Waals surface area contributed by atoms with Crippen molar-refractivity contribution in [3.63, 3.8) is 0 Å². The van der Waals surface area contributed by atoms with Crippen molar-refractivity contribution in [3.8, 4) is 11.8 Å². The molecular weight excluding hydrogens is 210 g/mol. The average Bonchev–Trinajstić information content (AvgIpc) is 2.26. The molecule has 1 atom stereocenters. The van der Waals surface area contributed by atoms with Crippen molar-refractivity contribution in [2.45, 2.75) is 19.4 Å². The van der Waals surface area contributed by atoms with Crippen LogP contribution < -0.4 is 4.89 Å². The van der Waals surface area contributed by atoms with E-state index in [1.807, 2.05) is 6.07 Å². The van der Waals surface area contributed by atoms with Gasteiger partial charge in [-0.15, -0.1) is 0 Å². The first-order valence-corrected chi connectivity index (χ1v) is 4.67. The summed E-state index contributed by atoms with van der Waals surface area (Å²) in [6.45, 7) is 1.48. The fourth-order valence-electron chi connectivity index (χ4n) is 0.955. The third kappa shape index (κ3) is 3.98. The first-order valence-electron chi connectivity index (χ1n) is 4.67. The van der Waals surface area contributed by atoms with Gasteiger partial charge in [-0.3, -0.25) is 9.78 Å². The molecule has 0 aromatic heterocycles. The zero-order chi connectivity index (χ0) is 12.0. The average molecular weight is 221 g/mol. The largest absolute Gasteiger partial charge is 0.393 e. The van der Waals surface area contributed by atoms with Crippen LogP contribution in [0, 0.1) is 11.3 Å². The van der Waals surface area contributed by atoms with Crippen LogP contribution in [0.3, 0.4) is 0 Å². The highest BCUT2D eigenvalue weighted by Gasteiger charge is 2.09. The Bertz CT molecular complexity index is 391. The summed E-state index contributed by atoms with van der Waals surface area (Å²) in [5, 5.41) is 17.4. The van der Waals surface area contributed by atoms with Gasteiger partial charge in [0.25, 0.3) is 0 Å². The molecular formula is C11H11NO4. The summed E-state index contributed by atoms with van der Waals surface area (Å²) in [5.41, 5.74) is 0.489. The maximum atomic E-state index is 11.0. The van der Waals surface area contributed by atoms with E-state index in [1.165, 1.54) is 31.2 Å². The smallest absolute Gasteiger partial charge is 0.358 e. The molecule has 0 saturated heterocycles. The van der Waals surface area contributed by atoms with E-state index in [2.05, 4.69) is 4.89 Å². The van der Waals surface area contributed by atoms with Gasteiger partial charge in [0.05, 0.1) is 24.2 Å². The van der Waals surface area contributed by atoms with Gasteiger partial charge in [-0.2, -0.15) is 5.26 Å². The lowest BCUT2D eigenvalue weighted by molar-refractivity contribution is -0.215. The van der Waals surface area contributed by atoms with Crippen LogP contribution in [0.25, 0.3) is 0 Å². The molecule has 1 N–H and O–H groups in total. The summed E-state index contributed by atoms with van der Waals surface area (Å²) in [5.74, 6) is -0.336. The van der Waals surface area contributed by atoms with Crippen molar-refractivity contribution in [1.82, 2.24) is 0 Å². The molecule has 1 aromatic carbocycles. The lowest BCUT2D eigenvalue weighted by Gasteiger charge is -2.05. The molecule has 0 amide bonds. The number of rotatable bonds is 4. The van der Waals surface area contributed by atoms with Crippen LogP contribution in [0.15, 0.2) is 24.3 Å². The van der Waals surface area contributed by atoms with Crippen LogP contribution in [0.4, 0.5) is 0 Å². The summed E-state index contributed by atoms with van der Waals surface area (Å²) in [6, 6.07) is 8.04. The second-order valence-electron chi connectivity index (χ2n) is 3.23. The Balaban J connectivity index is 2.43. The standard InChI is InChI=1S/C11H11NO4/c1-8(13)6-11(14)16-15-10-4-2-9(7-12)3-5-10/h2-5,8,13H,6H2,1H3. The summed E-state index contributed by atoms with van der Waals surface area (Å²) < 4.78 is 0. The van der Waals surface area contributed by atoms with E-state index in [-0.39, 0.29) is 6.42 Å². The van der Waals surface area contributed by atoms with Crippen molar-refractivity contribution in [1.29, 1.82) is 5.26 Å². The molecule has 16 heavy (non-hydrogen) atoms. The highest BCUT2D eigenvalue weighted by atomic mass is 17.2. The van der Waals surface area contributed by atoms with Crippen LogP contribution in [0.5, 0.6) is 5.75 Å². The second-order valence-corrected chi connectivity index (χ2v) is 3.23. The number of benzene rings is 1. The number of nitrogens with zero attached hydrogens (tertiary/aromatic N) is 1. The molecule has 5 nitrogen and oxygen atoms in total. The van der Waals surface area contributed by atoms with Gasteiger partial charge >= 0.3 is 5.97 Å². The number of hydrogen-bond donors (Lipinski definition) is 1. The Morgan fingerprint density at radius 3 is 2.62 bits per heavy atom. The van der Waals surface area contributed by atoms with Gasteiger partial charge in [0.2, 0.25) is 0 Å². The fourth-order valence-corrected chi connectivity index (χ4v) is 0.955. The summed E-state index contributed by atoms with van der Waals surface area (Å²) in [7, 11) is 0. The van der Waals surface area contributed by atoms with Gasteiger partial charge < -0.3 is 5.11 Å². The summed E-state index contributed by atoms with van der Waals surface area (Å²) in [6.07, 6.45) is -0.895. The van der Waals surface area contributed by atoms with Crippen molar-refractivity contribution in [2.75, 3.05) is 0 Å². The maximum absolute atomic E-state index is 11.0. The van der Waals surface area contributed by atoms with Crippen LogP contribution >= 0.6 is 0 Å². The summed E-state index contributed by atoms with van der Waals surface area (Å²) in [4.78, 5) is 20.1. The molecule has 0 fully saturated rings. The third-order valence-electron chi connectivity index (χ3n) is 1.68. The Kier molecular flexibility index (Phi) is 4.30. The first kappa shape index (κ1) is 12.0. The van der Waals surface area contributed by atoms with E-state index >= 15 is 0 Å². The number of nitriles is 1. The van der Waals surface area contributed by atoms with E-state index in [4.69, 9.17) is 15.3 Å². The van der Waals surface area contributed by atoms with Crippen molar-refractivity contribution in [3.05, 3.63) is 29.8 Å². The molecule has 0 radical (unpaired) electrons. The molecule has 0 aliphatic rings. The highest BCUT2D eigenvalue weighted by Crippen LogP contribution is 2.12. The minimum Gasteiger partial charge on any atom is -0.393 e. The van der Waals surface area contributed by atoms with E-state index in [9.17, 15) is 4.79 Å². The van der Waals surface area contributed by atoms with Gasteiger partial charge in [-0.05, 0) is 31.2 Å². The predicted molar refractivity (Wildman–Crippen MR) is 54.2 cm³/mol. The fraction of sp³-hybridized carbons (Fsp3) is 0.273. The second kappa shape index (κ2) is 5.73. The number of hydrogen-bond acceptors (Lipinski definition) is 5. The van der Waals surface area contributed by atoms with E-state index < -0.39 is 12.1 Å². The highest BCUT2D eigenvalue weighted by molar-refractivity contribution is 5.69. The molecule has 0 aliphatic carbocycles. The van der Waals surface area contributed by atoms with Gasteiger partial charge in [0, 0.05) is 0 Å². The SMILES string of the molecule is CC(O)CC(=O)OOc1ccc(C#N)cc1. The van der Waals surface area contributed by atoms with Gasteiger partial charge in [0.1, 0.15) is 0 Å². The molecule has 0 bridgehead atoms. The lowest BCUT2D eigenvalue weighted by atomic mass is 10.2. The van der Waals surface area contributed by atoms with E-state index in [0.29, 0.717) is 11.3 Å². The number of aliphatic hydroxyl groups is 1. The Morgan fingerprint density at radius 1 is 1.50 bits per heavy atom. The first-order chi connectivity index (χ1) is 7.61. The number of carbonyl (C=O) groups excluding carboxylic acids is 1. The zero-order valence-corrected chi connectivity index (χ0v) is 8.71. The minimum absolute atomic E-state index is 0.129. The quantitative estimate of drug-likeness (QED) is 0.609. The van der Waals surface area contributed by atoms with Crippen LogP contribution in [0.1, 0.15) is 18.9 Å². The normalized spacial score (nSPS) is 11.3. The van der Waals surface area contributed by atoms with Crippen molar-refractivity contribution in [2.24, 2.45) is 0 Å². The van der Waals surface area contributed by atoms with E-state index in [0.717, 1.165) is 0 Å². The number of carbonyl (C=O) groups is 1. The topological polar surface area (TPSA) is 79.6 Å². The molecule has 84 valence electrons. The third-order valence-corrected chi connectivity index (χ3v) is 1.68. The zero-order valence-electron chi connectivity index (χ0n) is 8.71. The predicted octanol–water partition coefficient (Wildman–Crippen LogP) is 1.17. The lowest BCUT2D eigenvalue weighted by Crippen LogP contribution is -2.14.